The molecular formula is C26H16N2O5. The molecule has 2 heterocycles. The standard InChI is InChI=1S/C26H16N2O5/c29-25(18-6-2-1-3-7-18)21(26-27-22-8-4-5-9-24(22)33-26)16-20-14-15-23(32-20)17-10-12-19(13-11-17)28(30)31/h1-16H/b21-16-. The van der Waals surface area contributed by atoms with Gasteiger partial charge in [-0.25, -0.2) is 4.98 Å². The lowest BCUT2D eigenvalue weighted by Gasteiger charge is -2.03. The van der Waals surface area contributed by atoms with E-state index >= 15 is 0 Å². The van der Waals surface area contributed by atoms with Crippen molar-refractivity contribution in [2.75, 3.05) is 0 Å². The minimum absolute atomic E-state index is 0.00266. The van der Waals surface area contributed by atoms with Crippen LogP contribution in [0.3, 0.4) is 0 Å². The Hall–Kier alpha value is -4.78. The minimum atomic E-state index is -0.456. The van der Waals surface area contributed by atoms with Gasteiger partial charge in [-0.2, -0.15) is 0 Å². The molecule has 0 saturated heterocycles. The number of Topliss-reactive ketones (excluding diaryl/α,β-unsaturated/α-hetero) is 1. The van der Waals surface area contributed by atoms with E-state index in [9.17, 15) is 14.9 Å². The fourth-order valence-corrected chi connectivity index (χ4v) is 3.43. The maximum absolute atomic E-state index is 13.3. The van der Waals surface area contributed by atoms with Crippen LogP contribution in [-0.4, -0.2) is 15.7 Å². The van der Waals surface area contributed by atoms with Crippen molar-refractivity contribution in [1.82, 2.24) is 4.98 Å². The highest BCUT2D eigenvalue weighted by atomic mass is 16.6. The lowest BCUT2D eigenvalue weighted by atomic mass is 10.0. The van der Waals surface area contributed by atoms with E-state index in [1.165, 1.54) is 12.1 Å². The molecule has 7 heteroatoms. The quantitative estimate of drug-likeness (QED) is 0.132. The van der Waals surface area contributed by atoms with Gasteiger partial charge in [0.2, 0.25) is 5.89 Å². The minimum Gasteiger partial charge on any atom is -0.457 e. The average Bonchev–Trinajstić information content (AvgIpc) is 3.50. The smallest absolute Gasteiger partial charge is 0.269 e. The van der Waals surface area contributed by atoms with Gasteiger partial charge in [0.25, 0.3) is 5.69 Å². The van der Waals surface area contributed by atoms with Crippen molar-refractivity contribution in [3.05, 3.63) is 118 Å². The molecule has 0 amide bonds. The zero-order chi connectivity index (χ0) is 22.8. The van der Waals surface area contributed by atoms with Crippen LogP contribution < -0.4 is 0 Å². The van der Waals surface area contributed by atoms with E-state index in [4.69, 9.17) is 8.83 Å². The third-order valence-electron chi connectivity index (χ3n) is 5.08. The highest BCUT2D eigenvalue weighted by Crippen LogP contribution is 2.29. The summed E-state index contributed by atoms with van der Waals surface area (Å²) in [5.74, 6) is 0.874. The predicted molar refractivity (Wildman–Crippen MR) is 123 cm³/mol. The first kappa shape index (κ1) is 20.1. The number of fused-ring (bicyclic) bond motifs is 1. The van der Waals surface area contributed by atoms with Gasteiger partial charge in [-0.1, -0.05) is 42.5 Å². The van der Waals surface area contributed by atoms with Crippen molar-refractivity contribution in [2.24, 2.45) is 0 Å². The molecule has 0 aliphatic rings. The van der Waals surface area contributed by atoms with E-state index in [-0.39, 0.29) is 22.9 Å². The predicted octanol–water partition coefficient (Wildman–Crippen LogP) is 6.42. The molecule has 0 N–H and O–H groups in total. The molecular weight excluding hydrogens is 420 g/mol. The third-order valence-corrected chi connectivity index (χ3v) is 5.08. The second-order valence-corrected chi connectivity index (χ2v) is 7.25. The molecule has 3 aromatic carbocycles. The molecule has 160 valence electrons. The molecule has 0 spiro atoms. The summed E-state index contributed by atoms with van der Waals surface area (Å²) < 4.78 is 11.8. The zero-order valence-corrected chi connectivity index (χ0v) is 17.2. The zero-order valence-electron chi connectivity index (χ0n) is 17.2. The molecule has 33 heavy (non-hydrogen) atoms. The van der Waals surface area contributed by atoms with Gasteiger partial charge in [-0.15, -0.1) is 0 Å². The monoisotopic (exact) mass is 436 g/mol. The van der Waals surface area contributed by atoms with Crippen LogP contribution in [0.15, 0.2) is 99.8 Å². The topological polar surface area (TPSA) is 99.4 Å². The first-order valence-corrected chi connectivity index (χ1v) is 10.1. The van der Waals surface area contributed by atoms with Crippen LogP contribution in [0.4, 0.5) is 5.69 Å². The van der Waals surface area contributed by atoms with E-state index < -0.39 is 4.92 Å². The van der Waals surface area contributed by atoms with Gasteiger partial charge in [0, 0.05) is 23.3 Å². The number of nitro groups is 1. The molecule has 5 rings (SSSR count). The number of ketones is 1. The van der Waals surface area contributed by atoms with Crippen LogP contribution in [-0.2, 0) is 0 Å². The number of carbonyl (C=O) groups is 1. The van der Waals surface area contributed by atoms with Crippen LogP contribution in [0.1, 0.15) is 22.0 Å². The van der Waals surface area contributed by atoms with E-state index in [1.807, 2.05) is 24.3 Å². The number of hydrogen-bond acceptors (Lipinski definition) is 6. The molecule has 0 aliphatic heterocycles. The van der Waals surface area contributed by atoms with Crippen molar-refractivity contribution in [1.29, 1.82) is 0 Å². The number of oxazole rings is 1. The number of hydrogen-bond donors (Lipinski definition) is 0. The Morgan fingerprint density at radius 3 is 2.30 bits per heavy atom. The Morgan fingerprint density at radius 1 is 0.848 bits per heavy atom. The van der Waals surface area contributed by atoms with Crippen LogP contribution in [0.25, 0.3) is 34.1 Å². The highest BCUT2D eigenvalue weighted by Gasteiger charge is 2.21. The van der Waals surface area contributed by atoms with Crippen molar-refractivity contribution in [2.45, 2.75) is 0 Å². The summed E-state index contributed by atoms with van der Waals surface area (Å²) in [5, 5.41) is 10.9. The number of non-ortho nitro benzene ring substituents is 1. The van der Waals surface area contributed by atoms with Gasteiger partial charge in [0.15, 0.2) is 11.4 Å². The number of carbonyl (C=O) groups excluding carboxylic acids is 1. The van der Waals surface area contributed by atoms with Gasteiger partial charge >= 0.3 is 0 Å². The summed E-state index contributed by atoms with van der Waals surface area (Å²) >= 11 is 0. The molecule has 0 saturated carbocycles. The molecule has 7 nitrogen and oxygen atoms in total. The van der Waals surface area contributed by atoms with E-state index in [1.54, 1.807) is 60.7 Å². The van der Waals surface area contributed by atoms with E-state index in [0.717, 1.165) is 0 Å². The second kappa shape index (κ2) is 8.39. The van der Waals surface area contributed by atoms with Crippen LogP contribution in [0.5, 0.6) is 0 Å². The number of rotatable bonds is 6. The molecule has 0 atom stereocenters. The Morgan fingerprint density at radius 2 is 1.58 bits per heavy atom. The van der Waals surface area contributed by atoms with Crippen molar-refractivity contribution < 1.29 is 18.6 Å². The summed E-state index contributed by atoms with van der Waals surface area (Å²) in [6.07, 6.45) is 1.59. The van der Waals surface area contributed by atoms with Gasteiger partial charge in [0.1, 0.15) is 17.0 Å². The molecule has 5 aromatic rings. The first-order valence-electron chi connectivity index (χ1n) is 10.1. The lowest BCUT2D eigenvalue weighted by molar-refractivity contribution is -0.384. The Bertz CT molecular complexity index is 1460. The van der Waals surface area contributed by atoms with Crippen molar-refractivity contribution in [3.8, 4) is 11.3 Å². The number of benzene rings is 3. The molecule has 0 unspecified atom stereocenters. The second-order valence-electron chi connectivity index (χ2n) is 7.25. The number of nitro benzene ring substituents is 1. The lowest BCUT2D eigenvalue weighted by Crippen LogP contribution is -2.03. The van der Waals surface area contributed by atoms with Crippen LogP contribution >= 0.6 is 0 Å². The molecule has 0 fully saturated rings. The van der Waals surface area contributed by atoms with Crippen LogP contribution in [0.2, 0.25) is 0 Å². The number of nitrogens with zero attached hydrogens (tertiary/aromatic N) is 2. The van der Waals surface area contributed by atoms with Crippen LogP contribution in [0, 0.1) is 10.1 Å². The summed E-state index contributed by atoms with van der Waals surface area (Å²) in [6.45, 7) is 0. The highest BCUT2D eigenvalue weighted by molar-refractivity contribution is 6.31. The number of furan rings is 1. The molecule has 0 radical (unpaired) electrons. The van der Waals surface area contributed by atoms with Gasteiger partial charge < -0.3 is 8.83 Å². The fourth-order valence-electron chi connectivity index (χ4n) is 3.43. The van der Waals surface area contributed by atoms with Gasteiger partial charge in [0.05, 0.1) is 10.5 Å². The largest absolute Gasteiger partial charge is 0.457 e. The summed E-state index contributed by atoms with van der Waals surface area (Å²) in [7, 11) is 0. The summed E-state index contributed by atoms with van der Waals surface area (Å²) in [6, 6.07) is 25.7. The normalized spacial score (nSPS) is 11.6. The Kier molecular flexibility index (Phi) is 5.12. The van der Waals surface area contributed by atoms with Crippen molar-refractivity contribution in [3.63, 3.8) is 0 Å². The summed E-state index contributed by atoms with van der Waals surface area (Å²) in [5.41, 5.74) is 2.64. The van der Waals surface area contributed by atoms with Gasteiger partial charge in [-0.3, -0.25) is 14.9 Å². The first-order chi connectivity index (χ1) is 16.1. The Labute approximate surface area is 187 Å². The molecule has 2 aromatic heterocycles. The molecule has 0 bridgehead atoms. The summed E-state index contributed by atoms with van der Waals surface area (Å²) in [4.78, 5) is 28.2. The number of aromatic nitrogens is 1. The number of allylic oxidation sites excluding steroid dienone is 1. The van der Waals surface area contributed by atoms with Gasteiger partial charge in [-0.05, 0) is 42.5 Å². The number of para-hydroxylation sites is 2. The maximum Gasteiger partial charge on any atom is 0.269 e. The Balaban J connectivity index is 1.56. The molecule has 0 aliphatic carbocycles. The van der Waals surface area contributed by atoms with Crippen molar-refractivity contribution >= 4 is 34.2 Å². The average molecular weight is 436 g/mol. The third kappa shape index (κ3) is 4.07. The van der Waals surface area contributed by atoms with E-state index in [2.05, 4.69) is 4.98 Å². The fraction of sp³-hybridized carbons (Fsp3) is 0. The maximum atomic E-state index is 13.3. The van der Waals surface area contributed by atoms with E-state index in [0.29, 0.717) is 33.7 Å². The SMILES string of the molecule is O=C(/C(=C/c1ccc(-c2ccc([N+](=O)[O-])cc2)o1)c1nc2ccccc2o1)c1ccccc1.